The zero-order chi connectivity index (χ0) is 10.7. The Morgan fingerprint density at radius 3 is 2.29 bits per heavy atom. The fourth-order valence-electron chi connectivity index (χ4n) is 1.31. The Morgan fingerprint density at radius 2 is 1.86 bits per heavy atom. The molecule has 0 fully saturated rings. The summed E-state index contributed by atoms with van der Waals surface area (Å²) in [5.74, 6) is 0. The lowest BCUT2D eigenvalue weighted by atomic mass is 10.2. The number of rotatable bonds is 3. The lowest BCUT2D eigenvalue weighted by Gasteiger charge is -2.23. The number of benzene rings is 1. The van der Waals surface area contributed by atoms with Crippen molar-refractivity contribution in [1.82, 2.24) is 4.90 Å². The molecule has 1 atom stereocenters. The molecule has 1 unspecified atom stereocenters. The molecule has 14 heavy (non-hydrogen) atoms. The second kappa shape index (κ2) is 4.99. The molecule has 0 bridgehead atoms. The minimum atomic E-state index is -0.0928. The van der Waals surface area contributed by atoms with Crippen LogP contribution in [0.1, 0.15) is 11.8 Å². The summed E-state index contributed by atoms with van der Waals surface area (Å²) < 4.78 is 5.32. The predicted octanol–water partition coefficient (Wildman–Crippen LogP) is 3.20. The van der Waals surface area contributed by atoms with Gasteiger partial charge in [0.2, 0.25) is 0 Å². The molecule has 0 aromatic heterocycles. The molecule has 0 amide bonds. The van der Waals surface area contributed by atoms with E-state index in [9.17, 15) is 0 Å². The molecule has 78 valence electrons. The third kappa shape index (κ3) is 2.61. The van der Waals surface area contributed by atoms with Gasteiger partial charge in [0.25, 0.3) is 0 Å². The van der Waals surface area contributed by atoms with E-state index in [0.717, 1.165) is 5.56 Å². The van der Waals surface area contributed by atoms with E-state index >= 15 is 0 Å². The van der Waals surface area contributed by atoms with Gasteiger partial charge in [-0.05, 0) is 31.8 Å². The van der Waals surface area contributed by atoms with Crippen LogP contribution in [0.2, 0.25) is 10.0 Å². The highest BCUT2D eigenvalue weighted by Crippen LogP contribution is 2.27. The predicted molar refractivity (Wildman–Crippen MR) is 59.9 cm³/mol. The zero-order valence-corrected chi connectivity index (χ0v) is 9.93. The SMILES string of the molecule is COC(c1ccc(Cl)c(Cl)c1)N(C)C. The van der Waals surface area contributed by atoms with Crippen LogP contribution >= 0.6 is 23.2 Å². The Morgan fingerprint density at radius 1 is 1.21 bits per heavy atom. The van der Waals surface area contributed by atoms with Crippen LogP contribution in [0.25, 0.3) is 0 Å². The summed E-state index contributed by atoms with van der Waals surface area (Å²) in [5.41, 5.74) is 0.993. The second-order valence-corrected chi connectivity index (χ2v) is 4.04. The van der Waals surface area contributed by atoms with Crippen molar-refractivity contribution in [3.05, 3.63) is 33.8 Å². The summed E-state index contributed by atoms with van der Waals surface area (Å²) >= 11 is 11.7. The maximum absolute atomic E-state index is 5.91. The van der Waals surface area contributed by atoms with Gasteiger partial charge in [0.05, 0.1) is 10.0 Å². The largest absolute Gasteiger partial charge is 0.362 e. The van der Waals surface area contributed by atoms with Crippen molar-refractivity contribution in [2.24, 2.45) is 0 Å². The van der Waals surface area contributed by atoms with Crippen LogP contribution in [-0.2, 0) is 4.74 Å². The highest BCUT2D eigenvalue weighted by molar-refractivity contribution is 6.42. The van der Waals surface area contributed by atoms with Gasteiger partial charge in [0.1, 0.15) is 6.23 Å². The number of halogens is 2. The van der Waals surface area contributed by atoms with Crippen LogP contribution in [-0.4, -0.2) is 26.1 Å². The molecule has 0 aliphatic carbocycles. The Hall–Kier alpha value is -0.280. The highest BCUT2D eigenvalue weighted by atomic mass is 35.5. The molecule has 2 nitrogen and oxygen atoms in total. The lowest BCUT2D eigenvalue weighted by molar-refractivity contribution is -0.00539. The zero-order valence-electron chi connectivity index (χ0n) is 8.42. The van der Waals surface area contributed by atoms with Gasteiger partial charge in [-0.1, -0.05) is 29.3 Å². The van der Waals surface area contributed by atoms with Crippen LogP contribution in [0.15, 0.2) is 18.2 Å². The van der Waals surface area contributed by atoms with Crippen LogP contribution in [0, 0.1) is 0 Å². The Balaban J connectivity index is 3.00. The number of ether oxygens (including phenoxy) is 1. The lowest BCUT2D eigenvalue weighted by Crippen LogP contribution is -2.21. The van der Waals surface area contributed by atoms with Gasteiger partial charge in [-0.15, -0.1) is 0 Å². The Kier molecular flexibility index (Phi) is 4.20. The average Bonchev–Trinajstić information content (AvgIpc) is 2.11. The minimum Gasteiger partial charge on any atom is -0.362 e. The van der Waals surface area contributed by atoms with Crippen molar-refractivity contribution in [3.8, 4) is 0 Å². The summed E-state index contributed by atoms with van der Waals surface area (Å²) in [7, 11) is 5.54. The summed E-state index contributed by atoms with van der Waals surface area (Å²) in [6, 6.07) is 5.50. The quantitative estimate of drug-likeness (QED) is 0.744. The molecular weight excluding hydrogens is 221 g/mol. The molecule has 0 spiro atoms. The van der Waals surface area contributed by atoms with Crippen molar-refractivity contribution >= 4 is 23.2 Å². The van der Waals surface area contributed by atoms with Gasteiger partial charge in [-0.2, -0.15) is 0 Å². The summed E-state index contributed by atoms with van der Waals surface area (Å²) in [5, 5.41) is 1.11. The molecule has 0 radical (unpaired) electrons. The van der Waals surface area contributed by atoms with Crippen LogP contribution in [0.4, 0.5) is 0 Å². The molecule has 1 aromatic carbocycles. The first-order valence-electron chi connectivity index (χ1n) is 4.20. The van der Waals surface area contributed by atoms with Crippen molar-refractivity contribution in [3.63, 3.8) is 0 Å². The first kappa shape index (κ1) is 11.8. The first-order valence-corrected chi connectivity index (χ1v) is 4.96. The van der Waals surface area contributed by atoms with E-state index in [1.807, 2.05) is 31.1 Å². The molecule has 0 heterocycles. The van der Waals surface area contributed by atoms with Gasteiger partial charge in [-0.3, -0.25) is 4.90 Å². The number of hydrogen-bond acceptors (Lipinski definition) is 2. The topological polar surface area (TPSA) is 12.5 Å². The van der Waals surface area contributed by atoms with E-state index < -0.39 is 0 Å². The molecule has 0 saturated heterocycles. The average molecular weight is 234 g/mol. The van der Waals surface area contributed by atoms with Gasteiger partial charge < -0.3 is 4.74 Å². The fraction of sp³-hybridized carbons (Fsp3) is 0.400. The standard InChI is InChI=1S/C10H13Cl2NO/c1-13(2)10(14-3)7-4-5-8(11)9(12)6-7/h4-6,10H,1-3H3. The Labute approximate surface area is 94.4 Å². The minimum absolute atomic E-state index is 0.0928. The normalized spacial score (nSPS) is 13.3. The van der Waals surface area contributed by atoms with Gasteiger partial charge in [-0.25, -0.2) is 0 Å². The molecule has 1 rings (SSSR count). The number of methoxy groups -OCH3 is 1. The van der Waals surface area contributed by atoms with E-state index in [0.29, 0.717) is 10.0 Å². The summed E-state index contributed by atoms with van der Waals surface area (Å²) in [4.78, 5) is 1.96. The van der Waals surface area contributed by atoms with E-state index in [-0.39, 0.29) is 6.23 Å². The molecular formula is C10H13Cl2NO. The van der Waals surface area contributed by atoms with Gasteiger partial charge in [0, 0.05) is 7.11 Å². The summed E-state index contributed by atoms with van der Waals surface area (Å²) in [6.07, 6.45) is -0.0928. The van der Waals surface area contributed by atoms with Crippen molar-refractivity contribution < 1.29 is 4.74 Å². The molecule has 0 aliphatic heterocycles. The third-order valence-electron chi connectivity index (χ3n) is 1.92. The third-order valence-corrected chi connectivity index (χ3v) is 2.66. The highest BCUT2D eigenvalue weighted by Gasteiger charge is 2.13. The van der Waals surface area contributed by atoms with Crippen molar-refractivity contribution in [1.29, 1.82) is 0 Å². The summed E-state index contributed by atoms with van der Waals surface area (Å²) in [6.45, 7) is 0. The van der Waals surface area contributed by atoms with Crippen molar-refractivity contribution in [2.45, 2.75) is 6.23 Å². The van der Waals surface area contributed by atoms with E-state index in [4.69, 9.17) is 27.9 Å². The first-order chi connectivity index (χ1) is 6.56. The Bertz CT molecular complexity index is 315. The number of nitrogens with zero attached hydrogens (tertiary/aromatic N) is 1. The molecule has 0 N–H and O–H groups in total. The van der Waals surface area contributed by atoms with Gasteiger partial charge >= 0.3 is 0 Å². The van der Waals surface area contributed by atoms with E-state index in [1.54, 1.807) is 13.2 Å². The smallest absolute Gasteiger partial charge is 0.135 e. The maximum atomic E-state index is 5.91. The van der Waals surface area contributed by atoms with Crippen LogP contribution < -0.4 is 0 Å². The number of hydrogen-bond donors (Lipinski definition) is 0. The monoisotopic (exact) mass is 233 g/mol. The maximum Gasteiger partial charge on any atom is 0.135 e. The molecule has 1 aromatic rings. The van der Waals surface area contributed by atoms with Crippen molar-refractivity contribution in [2.75, 3.05) is 21.2 Å². The molecule has 0 aliphatic rings. The van der Waals surface area contributed by atoms with Gasteiger partial charge in [0.15, 0.2) is 0 Å². The van der Waals surface area contributed by atoms with E-state index in [1.165, 1.54) is 0 Å². The van der Waals surface area contributed by atoms with E-state index in [2.05, 4.69) is 0 Å². The van der Waals surface area contributed by atoms with Crippen LogP contribution in [0.5, 0.6) is 0 Å². The molecule has 4 heteroatoms. The van der Waals surface area contributed by atoms with Crippen LogP contribution in [0.3, 0.4) is 0 Å². The second-order valence-electron chi connectivity index (χ2n) is 3.23. The molecule has 0 saturated carbocycles. The fourth-order valence-corrected chi connectivity index (χ4v) is 1.62.